The number of nitro benzene ring substituents is 1. The number of imide groups is 1. The van der Waals surface area contributed by atoms with Crippen molar-refractivity contribution in [2.75, 3.05) is 13.6 Å². The number of rotatable bonds is 6. The van der Waals surface area contributed by atoms with Gasteiger partial charge in [0.05, 0.1) is 11.0 Å². The van der Waals surface area contributed by atoms with Gasteiger partial charge in [0.15, 0.2) is 0 Å². The summed E-state index contributed by atoms with van der Waals surface area (Å²) in [6.07, 6.45) is 0. The monoisotopic (exact) mass is 308 g/mol. The number of nitrogens with zero attached hydrogens (tertiary/aromatic N) is 2. The van der Waals surface area contributed by atoms with E-state index in [1.807, 2.05) is 0 Å². The van der Waals surface area contributed by atoms with Crippen molar-refractivity contribution < 1.29 is 14.5 Å². The zero-order valence-electron chi connectivity index (χ0n) is 12.8. The van der Waals surface area contributed by atoms with Crippen LogP contribution in [0.2, 0.25) is 0 Å². The number of benzene rings is 1. The Morgan fingerprint density at radius 2 is 2.00 bits per heavy atom. The van der Waals surface area contributed by atoms with Crippen LogP contribution in [0.1, 0.15) is 19.4 Å². The first-order chi connectivity index (χ1) is 10.4. The van der Waals surface area contributed by atoms with Crippen molar-refractivity contribution in [3.8, 4) is 0 Å². The van der Waals surface area contributed by atoms with Crippen molar-refractivity contribution in [2.45, 2.75) is 26.4 Å². The van der Waals surface area contributed by atoms with E-state index in [9.17, 15) is 19.7 Å². The van der Waals surface area contributed by atoms with Crippen molar-refractivity contribution in [3.05, 3.63) is 39.9 Å². The molecule has 3 amide bonds. The van der Waals surface area contributed by atoms with E-state index in [1.54, 1.807) is 44.0 Å². The lowest BCUT2D eigenvalue weighted by Crippen LogP contribution is -2.48. The van der Waals surface area contributed by atoms with Gasteiger partial charge in [-0.05, 0) is 20.9 Å². The first-order valence-corrected chi connectivity index (χ1v) is 6.88. The number of urea groups is 1. The standard InChI is InChI=1S/C14H20N4O4/c1-4-15-14(20)16-13(19)10(2)17(3)9-11-7-5-6-8-12(11)18(21)22/h5-8,10H,4,9H2,1-3H3,(H2,15,16,19,20)/t10-/m0/s1. The maximum Gasteiger partial charge on any atom is 0.321 e. The van der Waals surface area contributed by atoms with Crippen LogP contribution in [0, 0.1) is 10.1 Å². The molecule has 8 nitrogen and oxygen atoms in total. The molecule has 1 rings (SSSR count). The molecule has 0 unspecified atom stereocenters. The van der Waals surface area contributed by atoms with Crippen LogP contribution in [-0.2, 0) is 11.3 Å². The molecule has 0 heterocycles. The average Bonchev–Trinajstić information content (AvgIpc) is 2.46. The molecule has 2 N–H and O–H groups in total. The number of likely N-dealkylation sites (N-methyl/N-ethyl adjacent to an activating group) is 1. The molecule has 120 valence electrons. The number of carbonyl (C=O) groups excluding carboxylic acids is 2. The van der Waals surface area contributed by atoms with Crippen molar-refractivity contribution >= 4 is 17.6 Å². The first-order valence-electron chi connectivity index (χ1n) is 6.88. The first kappa shape index (κ1) is 17.6. The molecule has 0 aliphatic heterocycles. The summed E-state index contributed by atoms with van der Waals surface area (Å²) in [4.78, 5) is 35.4. The predicted molar refractivity (Wildman–Crippen MR) is 81.2 cm³/mol. The Hall–Kier alpha value is -2.48. The summed E-state index contributed by atoms with van der Waals surface area (Å²) in [6, 6.07) is 5.19. The molecule has 1 aromatic rings. The Balaban J connectivity index is 2.72. The molecule has 0 aromatic heterocycles. The Bertz CT molecular complexity index is 562. The second-order valence-corrected chi connectivity index (χ2v) is 4.83. The highest BCUT2D eigenvalue weighted by molar-refractivity contribution is 5.96. The average molecular weight is 308 g/mol. The SMILES string of the molecule is CCNC(=O)NC(=O)[C@H](C)N(C)Cc1ccccc1[N+](=O)[O-]. The van der Waals surface area contributed by atoms with Gasteiger partial charge in [0.2, 0.25) is 5.91 Å². The van der Waals surface area contributed by atoms with Crippen molar-refractivity contribution in [1.82, 2.24) is 15.5 Å². The molecule has 0 aliphatic rings. The van der Waals surface area contributed by atoms with Gasteiger partial charge in [-0.2, -0.15) is 0 Å². The third kappa shape index (κ3) is 4.81. The highest BCUT2D eigenvalue weighted by Gasteiger charge is 2.22. The molecule has 0 bridgehead atoms. The van der Waals surface area contributed by atoms with Crippen molar-refractivity contribution in [2.24, 2.45) is 0 Å². The number of hydrogen-bond acceptors (Lipinski definition) is 5. The number of nitrogens with one attached hydrogen (secondary N) is 2. The molecule has 0 aliphatic carbocycles. The zero-order chi connectivity index (χ0) is 16.7. The van der Waals surface area contributed by atoms with E-state index >= 15 is 0 Å². The summed E-state index contributed by atoms with van der Waals surface area (Å²) in [5.41, 5.74) is 0.512. The van der Waals surface area contributed by atoms with Gasteiger partial charge in [-0.15, -0.1) is 0 Å². The number of amides is 3. The predicted octanol–water partition coefficient (Wildman–Crippen LogP) is 1.26. The molecule has 0 saturated carbocycles. The van der Waals surface area contributed by atoms with Gasteiger partial charge in [-0.1, -0.05) is 18.2 Å². The van der Waals surface area contributed by atoms with Crippen LogP contribution in [0.25, 0.3) is 0 Å². The fourth-order valence-electron chi connectivity index (χ4n) is 1.85. The third-order valence-electron chi connectivity index (χ3n) is 3.22. The number of para-hydroxylation sites is 1. The summed E-state index contributed by atoms with van der Waals surface area (Å²) < 4.78 is 0. The highest BCUT2D eigenvalue weighted by atomic mass is 16.6. The second kappa shape index (κ2) is 8.08. The number of nitro groups is 1. The van der Waals surface area contributed by atoms with Gasteiger partial charge in [0.1, 0.15) is 0 Å². The maximum absolute atomic E-state index is 11.9. The molecule has 0 spiro atoms. The van der Waals surface area contributed by atoms with E-state index in [4.69, 9.17) is 0 Å². The van der Waals surface area contributed by atoms with Gasteiger partial charge in [0, 0.05) is 24.7 Å². The van der Waals surface area contributed by atoms with Gasteiger partial charge < -0.3 is 5.32 Å². The molecule has 0 saturated heterocycles. The Morgan fingerprint density at radius 1 is 1.36 bits per heavy atom. The minimum atomic E-state index is -0.609. The minimum Gasteiger partial charge on any atom is -0.338 e. The van der Waals surface area contributed by atoms with E-state index in [-0.39, 0.29) is 12.2 Å². The zero-order valence-corrected chi connectivity index (χ0v) is 12.8. The van der Waals surface area contributed by atoms with E-state index < -0.39 is 22.9 Å². The van der Waals surface area contributed by atoms with Gasteiger partial charge in [-0.3, -0.25) is 25.1 Å². The quantitative estimate of drug-likeness (QED) is 0.608. The summed E-state index contributed by atoms with van der Waals surface area (Å²) in [7, 11) is 1.67. The fraction of sp³-hybridized carbons (Fsp3) is 0.429. The lowest BCUT2D eigenvalue weighted by atomic mass is 10.1. The molecule has 22 heavy (non-hydrogen) atoms. The highest BCUT2D eigenvalue weighted by Crippen LogP contribution is 2.19. The van der Waals surface area contributed by atoms with Crippen LogP contribution >= 0.6 is 0 Å². The molecule has 0 fully saturated rings. The summed E-state index contributed by atoms with van der Waals surface area (Å²) in [5.74, 6) is -0.466. The van der Waals surface area contributed by atoms with Crippen LogP contribution in [0.5, 0.6) is 0 Å². The topological polar surface area (TPSA) is 105 Å². The van der Waals surface area contributed by atoms with Gasteiger partial charge >= 0.3 is 6.03 Å². The smallest absolute Gasteiger partial charge is 0.321 e. The Morgan fingerprint density at radius 3 is 2.59 bits per heavy atom. The lowest BCUT2D eigenvalue weighted by Gasteiger charge is -2.23. The summed E-state index contributed by atoms with van der Waals surface area (Å²) in [6.45, 7) is 4.01. The largest absolute Gasteiger partial charge is 0.338 e. The molecular formula is C14H20N4O4. The molecular weight excluding hydrogens is 288 g/mol. The Labute approximate surface area is 128 Å². The Kier molecular flexibility index (Phi) is 6.46. The fourth-order valence-corrected chi connectivity index (χ4v) is 1.85. The molecule has 8 heteroatoms. The van der Waals surface area contributed by atoms with E-state index in [0.717, 1.165) is 0 Å². The van der Waals surface area contributed by atoms with Crippen LogP contribution in [0.4, 0.5) is 10.5 Å². The van der Waals surface area contributed by atoms with Crippen LogP contribution < -0.4 is 10.6 Å². The van der Waals surface area contributed by atoms with E-state index in [2.05, 4.69) is 10.6 Å². The summed E-state index contributed by atoms with van der Waals surface area (Å²) in [5, 5.41) is 15.7. The van der Waals surface area contributed by atoms with E-state index in [0.29, 0.717) is 12.1 Å². The van der Waals surface area contributed by atoms with E-state index in [1.165, 1.54) is 6.07 Å². The third-order valence-corrected chi connectivity index (χ3v) is 3.22. The lowest BCUT2D eigenvalue weighted by molar-refractivity contribution is -0.385. The normalized spacial score (nSPS) is 11.8. The minimum absolute atomic E-state index is 0.00526. The van der Waals surface area contributed by atoms with Gasteiger partial charge in [-0.25, -0.2) is 4.79 Å². The van der Waals surface area contributed by atoms with Crippen LogP contribution in [0.3, 0.4) is 0 Å². The molecule has 0 radical (unpaired) electrons. The molecule has 1 aromatic carbocycles. The van der Waals surface area contributed by atoms with Crippen LogP contribution in [-0.4, -0.2) is 41.4 Å². The molecule has 1 atom stereocenters. The van der Waals surface area contributed by atoms with Crippen LogP contribution in [0.15, 0.2) is 24.3 Å². The van der Waals surface area contributed by atoms with Crippen molar-refractivity contribution in [1.29, 1.82) is 0 Å². The summed E-state index contributed by atoms with van der Waals surface area (Å²) >= 11 is 0. The number of carbonyl (C=O) groups is 2. The maximum atomic E-state index is 11.9. The number of hydrogen-bond donors (Lipinski definition) is 2. The second-order valence-electron chi connectivity index (χ2n) is 4.83. The van der Waals surface area contributed by atoms with Gasteiger partial charge in [0.25, 0.3) is 5.69 Å². The van der Waals surface area contributed by atoms with Crippen molar-refractivity contribution in [3.63, 3.8) is 0 Å².